The summed E-state index contributed by atoms with van der Waals surface area (Å²) in [5, 5.41) is 12.7. The summed E-state index contributed by atoms with van der Waals surface area (Å²) in [6, 6.07) is 16.7. The standard InChI is InChI=1S/C23H30N6O2/c1-4-22(23-24-25-26-29(23)17-18-5-9-20(30-2)10-6-18)28-15-13-27(14-16-28)19-7-11-21(31-3)12-8-19/h5-12,22H,4,13-17H2,1-3H3/p+1/t22-/m1/s1. The molecule has 0 unspecified atom stereocenters. The molecule has 0 aliphatic carbocycles. The fourth-order valence-electron chi connectivity index (χ4n) is 4.33. The highest BCUT2D eigenvalue weighted by molar-refractivity contribution is 5.49. The van der Waals surface area contributed by atoms with Crippen molar-refractivity contribution in [2.75, 3.05) is 45.3 Å². The molecule has 2 heterocycles. The number of nitrogens with zero attached hydrogens (tertiary/aromatic N) is 5. The van der Waals surface area contributed by atoms with Crippen LogP contribution in [-0.4, -0.2) is 60.6 Å². The maximum Gasteiger partial charge on any atom is 0.209 e. The van der Waals surface area contributed by atoms with Gasteiger partial charge in [-0.3, -0.25) is 0 Å². The van der Waals surface area contributed by atoms with Crippen LogP contribution in [0.3, 0.4) is 0 Å². The summed E-state index contributed by atoms with van der Waals surface area (Å²) in [5.74, 6) is 2.71. The number of aromatic nitrogens is 4. The van der Waals surface area contributed by atoms with Gasteiger partial charge in [-0.25, -0.2) is 4.68 Å². The fourth-order valence-corrected chi connectivity index (χ4v) is 4.33. The minimum absolute atomic E-state index is 0.284. The van der Waals surface area contributed by atoms with Gasteiger partial charge in [0.25, 0.3) is 0 Å². The van der Waals surface area contributed by atoms with Gasteiger partial charge in [-0.1, -0.05) is 19.1 Å². The number of piperazine rings is 1. The van der Waals surface area contributed by atoms with Crippen LogP contribution in [0.25, 0.3) is 0 Å². The number of hydrogen-bond donors (Lipinski definition) is 1. The highest BCUT2D eigenvalue weighted by Gasteiger charge is 2.31. The Labute approximate surface area is 183 Å². The van der Waals surface area contributed by atoms with E-state index in [1.165, 1.54) is 10.6 Å². The van der Waals surface area contributed by atoms with E-state index in [2.05, 4.69) is 51.6 Å². The van der Waals surface area contributed by atoms with Crippen LogP contribution in [0.2, 0.25) is 0 Å². The number of nitrogens with one attached hydrogen (secondary N) is 1. The van der Waals surface area contributed by atoms with Gasteiger partial charge >= 0.3 is 0 Å². The zero-order valence-corrected chi connectivity index (χ0v) is 18.5. The molecule has 0 radical (unpaired) electrons. The summed E-state index contributed by atoms with van der Waals surface area (Å²) >= 11 is 0. The number of quaternary nitrogens is 1. The van der Waals surface area contributed by atoms with E-state index in [0.717, 1.165) is 55.5 Å². The molecule has 164 valence electrons. The summed E-state index contributed by atoms with van der Waals surface area (Å²) in [4.78, 5) is 3.98. The highest BCUT2D eigenvalue weighted by Crippen LogP contribution is 2.20. The molecule has 1 saturated heterocycles. The number of rotatable bonds is 8. The number of tetrazole rings is 1. The van der Waals surface area contributed by atoms with Gasteiger partial charge in [-0.15, -0.1) is 5.10 Å². The number of hydrogen-bond acceptors (Lipinski definition) is 6. The van der Waals surface area contributed by atoms with Crippen LogP contribution in [0, 0.1) is 0 Å². The average Bonchev–Trinajstić information content (AvgIpc) is 3.28. The first-order valence-electron chi connectivity index (χ1n) is 10.8. The van der Waals surface area contributed by atoms with Crippen LogP contribution >= 0.6 is 0 Å². The molecule has 0 bridgehead atoms. The first-order valence-corrected chi connectivity index (χ1v) is 10.8. The van der Waals surface area contributed by atoms with E-state index in [1.807, 2.05) is 28.9 Å². The molecular formula is C23H31N6O2+. The Kier molecular flexibility index (Phi) is 6.66. The van der Waals surface area contributed by atoms with Crippen molar-refractivity contribution in [2.45, 2.75) is 25.9 Å². The first kappa shape index (κ1) is 21.1. The molecule has 1 aliphatic heterocycles. The molecule has 1 aliphatic rings. The summed E-state index contributed by atoms with van der Waals surface area (Å²) in [5.41, 5.74) is 2.40. The van der Waals surface area contributed by atoms with Gasteiger partial charge < -0.3 is 19.3 Å². The highest BCUT2D eigenvalue weighted by atomic mass is 16.5. The van der Waals surface area contributed by atoms with Gasteiger partial charge in [-0.05, 0) is 52.4 Å². The maximum absolute atomic E-state index is 5.28. The molecule has 1 atom stereocenters. The van der Waals surface area contributed by atoms with E-state index >= 15 is 0 Å². The van der Waals surface area contributed by atoms with Crippen molar-refractivity contribution in [3.8, 4) is 11.5 Å². The Morgan fingerprint density at radius 2 is 1.55 bits per heavy atom. The van der Waals surface area contributed by atoms with Crippen molar-refractivity contribution in [3.05, 3.63) is 59.9 Å². The minimum Gasteiger partial charge on any atom is -0.497 e. The largest absolute Gasteiger partial charge is 0.497 e. The van der Waals surface area contributed by atoms with Crippen molar-refractivity contribution in [3.63, 3.8) is 0 Å². The fraction of sp³-hybridized carbons (Fsp3) is 0.435. The van der Waals surface area contributed by atoms with Gasteiger partial charge in [0.2, 0.25) is 5.82 Å². The second kappa shape index (κ2) is 9.78. The Hall–Kier alpha value is -3.13. The molecule has 1 fully saturated rings. The van der Waals surface area contributed by atoms with Gasteiger partial charge in [0.05, 0.1) is 46.9 Å². The van der Waals surface area contributed by atoms with Crippen LogP contribution < -0.4 is 19.3 Å². The predicted molar refractivity (Wildman–Crippen MR) is 119 cm³/mol. The molecule has 2 aromatic carbocycles. The summed E-state index contributed by atoms with van der Waals surface area (Å²) < 4.78 is 12.5. The van der Waals surface area contributed by atoms with E-state index in [4.69, 9.17) is 9.47 Å². The van der Waals surface area contributed by atoms with Crippen molar-refractivity contribution >= 4 is 5.69 Å². The van der Waals surface area contributed by atoms with Crippen molar-refractivity contribution in [2.24, 2.45) is 0 Å². The Morgan fingerprint density at radius 3 is 2.13 bits per heavy atom. The molecule has 8 heteroatoms. The molecular weight excluding hydrogens is 392 g/mol. The maximum atomic E-state index is 5.28. The lowest BCUT2D eigenvalue weighted by Gasteiger charge is -2.36. The molecule has 4 rings (SSSR count). The van der Waals surface area contributed by atoms with Crippen LogP contribution in [0.1, 0.15) is 30.8 Å². The number of anilines is 1. The van der Waals surface area contributed by atoms with E-state index in [-0.39, 0.29) is 6.04 Å². The van der Waals surface area contributed by atoms with Gasteiger partial charge in [-0.2, -0.15) is 0 Å². The van der Waals surface area contributed by atoms with Crippen LogP contribution in [0.15, 0.2) is 48.5 Å². The van der Waals surface area contributed by atoms with E-state index in [0.29, 0.717) is 6.54 Å². The summed E-state index contributed by atoms with van der Waals surface area (Å²) in [6.07, 6.45) is 1.00. The molecule has 0 amide bonds. The smallest absolute Gasteiger partial charge is 0.209 e. The van der Waals surface area contributed by atoms with Gasteiger partial charge in [0, 0.05) is 12.1 Å². The van der Waals surface area contributed by atoms with Gasteiger partial charge in [0.1, 0.15) is 17.5 Å². The first-order chi connectivity index (χ1) is 15.2. The lowest BCUT2D eigenvalue weighted by Crippen LogP contribution is -3.15. The third kappa shape index (κ3) is 4.80. The molecule has 31 heavy (non-hydrogen) atoms. The number of methoxy groups -OCH3 is 2. The van der Waals surface area contributed by atoms with Crippen molar-refractivity contribution < 1.29 is 14.4 Å². The van der Waals surface area contributed by atoms with Crippen LogP contribution in [-0.2, 0) is 6.54 Å². The lowest BCUT2D eigenvalue weighted by molar-refractivity contribution is -0.933. The predicted octanol–water partition coefficient (Wildman–Crippen LogP) is 1.59. The Bertz CT molecular complexity index is 949. The second-order valence-corrected chi connectivity index (χ2v) is 7.85. The average molecular weight is 424 g/mol. The van der Waals surface area contributed by atoms with Crippen LogP contribution in [0.5, 0.6) is 11.5 Å². The zero-order valence-electron chi connectivity index (χ0n) is 18.5. The van der Waals surface area contributed by atoms with E-state index in [1.54, 1.807) is 14.2 Å². The Balaban J connectivity index is 1.42. The second-order valence-electron chi connectivity index (χ2n) is 7.85. The molecule has 1 N–H and O–H groups in total. The van der Waals surface area contributed by atoms with Crippen molar-refractivity contribution in [1.29, 1.82) is 0 Å². The molecule has 3 aromatic rings. The Morgan fingerprint density at radius 1 is 0.935 bits per heavy atom. The summed E-state index contributed by atoms with van der Waals surface area (Å²) in [7, 11) is 3.38. The minimum atomic E-state index is 0.284. The third-order valence-corrected chi connectivity index (χ3v) is 6.11. The zero-order chi connectivity index (χ0) is 21.6. The van der Waals surface area contributed by atoms with Gasteiger partial charge in [0.15, 0.2) is 0 Å². The summed E-state index contributed by atoms with van der Waals surface area (Å²) in [6.45, 7) is 7.02. The molecule has 1 aromatic heterocycles. The normalized spacial score (nSPS) is 15.6. The topological polar surface area (TPSA) is 69.7 Å². The van der Waals surface area contributed by atoms with E-state index < -0.39 is 0 Å². The van der Waals surface area contributed by atoms with Crippen molar-refractivity contribution in [1.82, 2.24) is 20.2 Å². The quantitative estimate of drug-likeness (QED) is 0.594. The van der Waals surface area contributed by atoms with Crippen LogP contribution in [0.4, 0.5) is 5.69 Å². The molecule has 0 saturated carbocycles. The monoisotopic (exact) mass is 423 g/mol. The van der Waals surface area contributed by atoms with E-state index in [9.17, 15) is 0 Å². The lowest BCUT2D eigenvalue weighted by atomic mass is 10.1. The number of benzene rings is 2. The molecule has 8 nitrogen and oxygen atoms in total. The third-order valence-electron chi connectivity index (χ3n) is 6.11. The molecule has 0 spiro atoms. The number of ether oxygens (including phenoxy) is 2. The SMILES string of the molecule is CC[C@H](c1nnnn1Cc1ccc(OC)cc1)[NH+]1CCN(c2ccc(OC)cc2)CC1.